The molecule has 214 valence electrons. The molecule has 1 aliphatic heterocycles. The summed E-state index contributed by atoms with van der Waals surface area (Å²) in [5.74, 6) is -3.97. The SMILES string of the molecule is COc1cccc2c1C(=O)c1c(O)c3c(c(O)c1C2=O)C[C@@](O)(C(=O)CO)C[C@@H]3O[C@H]1C[C@H](N)[C@@H](O)[C@H](CO)O1. The number of methoxy groups -OCH3 is 1. The molecule has 1 fully saturated rings. The largest absolute Gasteiger partial charge is 0.507 e. The highest BCUT2D eigenvalue weighted by molar-refractivity contribution is 6.31. The summed E-state index contributed by atoms with van der Waals surface area (Å²) in [6, 6.07) is 3.43. The van der Waals surface area contributed by atoms with Gasteiger partial charge in [-0.15, -0.1) is 0 Å². The van der Waals surface area contributed by atoms with E-state index < -0.39 is 102 Å². The molecule has 6 atom stereocenters. The number of aliphatic hydroxyl groups is 4. The van der Waals surface area contributed by atoms with Crippen molar-refractivity contribution in [1.82, 2.24) is 0 Å². The smallest absolute Gasteiger partial charge is 0.202 e. The van der Waals surface area contributed by atoms with E-state index in [0.717, 1.165) is 0 Å². The van der Waals surface area contributed by atoms with E-state index in [1.165, 1.54) is 25.3 Å². The Morgan fingerprint density at radius 3 is 2.48 bits per heavy atom. The summed E-state index contributed by atoms with van der Waals surface area (Å²) in [6.07, 6.45) is -6.19. The third kappa shape index (κ3) is 4.18. The average Bonchev–Trinajstić information content (AvgIpc) is 2.94. The zero-order valence-corrected chi connectivity index (χ0v) is 21.4. The summed E-state index contributed by atoms with van der Waals surface area (Å²) in [5.41, 5.74) is 2.07. The number of phenolic OH excluding ortho intramolecular Hbond substituents is 2. The fraction of sp³-hybridized carbons (Fsp3) is 0.444. The van der Waals surface area contributed by atoms with Crippen LogP contribution in [0.25, 0.3) is 0 Å². The first-order valence-electron chi connectivity index (χ1n) is 12.6. The van der Waals surface area contributed by atoms with Gasteiger partial charge in [0.05, 0.1) is 42.6 Å². The average molecular weight is 560 g/mol. The van der Waals surface area contributed by atoms with Gasteiger partial charge in [-0.3, -0.25) is 14.4 Å². The molecular formula is C27H29NO12. The maximum Gasteiger partial charge on any atom is 0.202 e. The second-order valence-electron chi connectivity index (χ2n) is 10.2. The van der Waals surface area contributed by atoms with E-state index in [1.54, 1.807) is 0 Å². The van der Waals surface area contributed by atoms with Crippen LogP contribution < -0.4 is 10.5 Å². The quantitative estimate of drug-likeness (QED) is 0.180. The van der Waals surface area contributed by atoms with E-state index in [2.05, 4.69) is 0 Å². The van der Waals surface area contributed by atoms with Crippen LogP contribution in [-0.2, 0) is 20.7 Å². The number of phenols is 2. The van der Waals surface area contributed by atoms with Crippen LogP contribution in [0.2, 0.25) is 0 Å². The van der Waals surface area contributed by atoms with Crippen molar-refractivity contribution in [2.75, 3.05) is 20.3 Å². The molecule has 0 saturated carbocycles. The number of hydrogen-bond donors (Lipinski definition) is 7. The second kappa shape index (κ2) is 10.2. The fourth-order valence-corrected chi connectivity index (χ4v) is 5.78. The molecule has 0 aromatic heterocycles. The number of rotatable bonds is 6. The highest BCUT2D eigenvalue weighted by Crippen LogP contribution is 2.52. The standard InChI is InChI=1S/C27H29NO12/c1-38-13-4-2-3-10-18(13)25(35)21-20(22(10)32)23(33)11-6-27(37,16(31)9-30)7-14(19(11)26(21)36)39-17-5-12(28)24(34)15(8-29)40-17/h2-4,12,14-15,17,24,29-30,33-34,36-37H,5-9,28H2,1H3/t12-,14-,15-,17+,24+,27-/m0/s1. The number of aromatic hydroxyl groups is 2. The molecule has 0 amide bonds. The molecule has 13 heteroatoms. The monoisotopic (exact) mass is 559 g/mol. The van der Waals surface area contributed by atoms with Gasteiger partial charge in [-0.25, -0.2) is 0 Å². The summed E-state index contributed by atoms with van der Waals surface area (Å²) < 4.78 is 16.8. The lowest BCUT2D eigenvalue weighted by atomic mass is 9.72. The fourth-order valence-electron chi connectivity index (χ4n) is 5.78. The predicted molar refractivity (Wildman–Crippen MR) is 133 cm³/mol. The minimum Gasteiger partial charge on any atom is -0.507 e. The van der Waals surface area contributed by atoms with Crippen LogP contribution in [-0.4, -0.2) is 98.5 Å². The van der Waals surface area contributed by atoms with E-state index in [0.29, 0.717) is 0 Å². The van der Waals surface area contributed by atoms with Gasteiger partial charge in [-0.05, 0) is 6.07 Å². The first-order valence-corrected chi connectivity index (χ1v) is 12.6. The van der Waals surface area contributed by atoms with Crippen molar-refractivity contribution in [3.05, 3.63) is 51.6 Å². The molecule has 0 bridgehead atoms. The molecule has 1 heterocycles. The molecule has 1 saturated heterocycles. The number of ether oxygens (including phenoxy) is 3. The second-order valence-corrected chi connectivity index (χ2v) is 10.2. The zero-order valence-electron chi connectivity index (χ0n) is 21.4. The highest BCUT2D eigenvalue weighted by atomic mass is 16.7. The van der Waals surface area contributed by atoms with Crippen molar-refractivity contribution in [2.45, 2.75) is 55.5 Å². The molecule has 8 N–H and O–H groups in total. The predicted octanol–water partition coefficient (Wildman–Crippen LogP) is -1.03. The van der Waals surface area contributed by atoms with Crippen LogP contribution in [0.1, 0.15) is 61.9 Å². The van der Waals surface area contributed by atoms with E-state index in [4.69, 9.17) is 19.9 Å². The van der Waals surface area contributed by atoms with Gasteiger partial charge in [0.1, 0.15) is 35.6 Å². The molecule has 40 heavy (non-hydrogen) atoms. The molecule has 2 aromatic rings. The number of ketones is 3. The van der Waals surface area contributed by atoms with Crippen molar-refractivity contribution in [3.8, 4) is 17.2 Å². The molecule has 2 aliphatic carbocycles. The van der Waals surface area contributed by atoms with Gasteiger partial charge in [0.2, 0.25) is 5.78 Å². The maximum absolute atomic E-state index is 13.7. The molecule has 0 radical (unpaired) electrons. The van der Waals surface area contributed by atoms with Gasteiger partial charge < -0.3 is 50.6 Å². The van der Waals surface area contributed by atoms with Crippen LogP contribution in [0.4, 0.5) is 0 Å². The Hall–Kier alpha value is -3.43. The van der Waals surface area contributed by atoms with Crippen molar-refractivity contribution in [3.63, 3.8) is 0 Å². The Bertz CT molecular complexity index is 1410. The van der Waals surface area contributed by atoms with Gasteiger partial charge in [0.15, 0.2) is 17.9 Å². The van der Waals surface area contributed by atoms with Crippen LogP contribution in [0.5, 0.6) is 17.2 Å². The van der Waals surface area contributed by atoms with Crippen LogP contribution in [0, 0.1) is 0 Å². The van der Waals surface area contributed by atoms with Crippen molar-refractivity contribution in [1.29, 1.82) is 0 Å². The van der Waals surface area contributed by atoms with E-state index in [9.17, 15) is 45.0 Å². The lowest BCUT2D eigenvalue weighted by Gasteiger charge is -2.42. The van der Waals surface area contributed by atoms with Gasteiger partial charge >= 0.3 is 0 Å². The first kappa shape index (κ1) is 28.1. The number of nitrogens with two attached hydrogens (primary N) is 1. The lowest BCUT2D eigenvalue weighted by Crippen LogP contribution is -2.55. The van der Waals surface area contributed by atoms with Crippen LogP contribution >= 0.6 is 0 Å². The molecular weight excluding hydrogens is 530 g/mol. The normalized spacial score (nSPS) is 29.4. The summed E-state index contributed by atoms with van der Waals surface area (Å²) >= 11 is 0. The Balaban J connectivity index is 1.68. The van der Waals surface area contributed by atoms with Gasteiger partial charge in [0, 0.05) is 42.0 Å². The highest BCUT2D eigenvalue weighted by Gasteiger charge is 2.50. The van der Waals surface area contributed by atoms with Gasteiger partial charge in [-0.2, -0.15) is 0 Å². The number of fused-ring (bicyclic) bond motifs is 3. The van der Waals surface area contributed by atoms with Crippen LogP contribution in [0.3, 0.4) is 0 Å². The Kier molecular flexibility index (Phi) is 7.17. The summed E-state index contributed by atoms with van der Waals surface area (Å²) in [5, 5.41) is 63.3. The van der Waals surface area contributed by atoms with Crippen molar-refractivity contribution < 1.29 is 59.2 Å². The lowest BCUT2D eigenvalue weighted by molar-refractivity contribution is -0.256. The van der Waals surface area contributed by atoms with Crippen molar-refractivity contribution >= 4 is 17.3 Å². The summed E-state index contributed by atoms with van der Waals surface area (Å²) in [4.78, 5) is 39.8. The topological polar surface area (TPSA) is 226 Å². The third-order valence-corrected chi connectivity index (χ3v) is 7.85. The molecule has 13 nitrogen and oxygen atoms in total. The molecule has 0 unspecified atom stereocenters. The number of hydrogen-bond acceptors (Lipinski definition) is 13. The van der Waals surface area contributed by atoms with Crippen molar-refractivity contribution in [2.24, 2.45) is 5.73 Å². The Morgan fingerprint density at radius 2 is 1.82 bits per heavy atom. The molecule has 5 rings (SSSR count). The van der Waals surface area contributed by atoms with Gasteiger partial charge in [-0.1, -0.05) is 12.1 Å². The summed E-state index contributed by atoms with van der Waals surface area (Å²) in [7, 11) is 1.31. The molecule has 3 aliphatic rings. The minimum absolute atomic E-state index is 0.0741. The third-order valence-electron chi connectivity index (χ3n) is 7.85. The van der Waals surface area contributed by atoms with E-state index >= 15 is 0 Å². The number of carbonyl (C=O) groups excluding carboxylic acids is 3. The zero-order chi connectivity index (χ0) is 29.1. The van der Waals surface area contributed by atoms with Gasteiger partial charge in [0.25, 0.3) is 0 Å². The van der Waals surface area contributed by atoms with Crippen LogP contribution in [0.15, 0.2) is 18.2 Å². The summed E-state index contributed by atoms with van der Waals surface area (Å²) in [6.45, 7) is -1.65. The first-order chi connectivity index (χ1) is 19.0. The molecule has 2 aromatic carbocycles. The minimum atomic E-state index is -2.29. The number of aliphatic hydroxyl groups excluding tert-OH is 3. The van der Waals surface area contributed by atoms with E-state index in [1.807, 2.05) is 0 Å². The number of Topliss-reactive ketones (excluding diaryl/α,β-unsaturated/α-hetero) is 1. The number of benzene rings is 2. The Labute approximate surface area is 227 Å². The molecule has 0 spiro atoms. The van der Waals surface area contributed by atoms with E-state index in [-0.39, 0.29) is 34.4 Å². The Morgan fingerprint density at radius 1 is 1.12 bits per heavy atom. The number of carbonyl (C=O) groups is 3. The maximum atomic E-state index is 13.7.